The second kappa shape index (κ2) is 65.6. The molecule has 3 rings (SSSR count). The van der Waals surface area contributed by atoms with Crippen molar-refractivity contribution in [3.8, 4) is 0 Å². The third-order valence-electron chi connectivity index (χ3n) is 33.7. The molecule has 0 amide bonds. The van der Waals surface area contributed by atoms with Gasteiger partial charge in [0.2, 0.25) is 0 Å². The van der Waals surface area contributed by atoms with Crippen molar-refractivity contribution in [2.75, 3.05) is 0 Å². The highest BCUT2D eigenvalue weighted by Gasteiger charge is 2.56. The lowest BCUT2D eigenvalue weighted by Crippen LogP contribution is -2.60. The fourth-order valence-electron chi connectivity index (χ4n) is 23.8. The molecule has 0 bridgehead atoms. The molecule has 7 nitrogen and oxygen atoms in total. The van der Waals surface area contributed by atoms with E-state index in [-0.39, 0.29) is 30.5 Å². The predicted molar refractivity (Wildman–Crippen MR) is 559 cm³/mol. The van der Waals surface area contributed by atoms with Crippen LogP contribution in [-0.4, -0.2) is 80.4 Å². The summed E-state index contributed by atoms with van der Waals surface area (Å²) in [5, 5.41) is 25.2. The Labute approximate surface area is 798 Å². The van der Waals surface area contributed by atoms with Crippen molar-refractivity contribution in [1.82, 2.24) is 0 Å². The number of rotatable bonds is 81. The van der Waals surface area contributed by atoms with Gasteiger partial charge in [-0.3, -0.25) is 0 Å². The molecule has 3 heterocycles. The summed E-state index contributed by atoms with van der Waals surface area (Å²) < 4.78 is 40.5. The summed E-state index contributed by atoms with van der Waals surface area (Å²) in [5.41, 5.74) is -3.97. The first-order chi connectivity index (χ1) is 59.8. The van der Waals surface area contributed by atoms with Gasteiger partial charge in [-0.15, -0.1) is 0 Å². The highest BCUT2D eigenvalue weighted by atomic mass is 16.6. The molecular formula is C120H236O7. The van der Waals surface area contributed by atoms with Crippen molar-refractivity contribution in [2.45, 2.75) is 663 Å². The summed E-state index contributed by atoms with van der Waals surface area (Å²) in [4.78, 5) is 0. The average molecular weight is 1790 g/mol. The Morgan fingerprint density at radius 1 is 0.236 bits per heavy atom. The zero-order valence-electron chi connectivity index (χ0n) is 92.2. The van der Waals surface area contributed by atoms with Crippen LogP contribution in [0, 0.1) is 107 Å². The molecule has 0 aromatic heterocycles. The van der Waals surface area contributed by atoms with Gasteiger partial charge in [0, 0.05) is 0 Å². The van der Waals surface area contributed by atoms with E-state index in [4.69, 9.17) is 23.7 Å². The van der Waals surface area contributed by atoms with Gasteiger partial charge in [-0.05, 0) is 225 Å². The molecule has 0 aromatic rings. The Morgan fingerprint density at radius 3 is 0.638 bits per heavy atom. The van der Waals surface area contributed by atoms with Crippen LogP contribution in [0.4, 0.5) is 0 Å². The topological polar surface area (TPSA) is 86.6 Å². The van der Waals surface area contributed by atoms with E-state index in [1.54, 1.807) is 0 Å². The largest absolute Gasteiger partial charge is 0.390 e. The summed E-state index contributed by atoms with van der Waals surface area (Å²) in [6, 6.07) is 0. The van der Waals surface area contributed by atoms with Crippen molar-refractivity contribution >= 4 is 0 Å². The van der Waals surface area contributed by atoms with Crippen LogP contribution in [0.2, 0.25) is 0 Å². The Morgan fingerprint density at radius 2 is 0.409 bits per heavy atom. The fraction of sp³-hybridized carbons (Fsp3) is 1.00. The molecule has 7 heteroatoms. The molecule has 5 unspecified atom stereocenters. The van der Waals surface area contributed by atoms with E-state index in [1.807, 2.05) is 0 Å². The van der Waals surface area contributed by atoms with Crippen LogP contribution in [-0.2, 0) is 23.7 Å². The summed E-state index contributed by atoms with van der Waals surface area (Å²) in [6.45, 7) is 73.0. The van der Waals surface area contributed by atoms with E-state index in [1.165, 1.54) is 263 Å². The maximum absolute atomic E-state index is 12.8. The number of hydrogen-bond acceptors (Lipinski definition) is 7. The van der Waals surface area contributed by atoms with Crippen LogP contribution < -0.4 is 0 Å². The van der Waals surface area contributed by atoms with E-state index in [9.17, 15) is 10.2 Å². The summed E-state index contributed by atoms with van der Waals surface area (Å²) in [5.74, 6) is 13.4. The summed E-state index contributed by atoms with van der Waals surface area (Å²) in [7, 11) is 0. The number of aliphatic hydroxyl groups is 2. The van der Waals surface area contributed by atoms with E-state index < -0.39 is 39.7 Å². The van der Waals surface area contributed by atoms with Gasteiger partial charge in [-0.25, -0.2) is 0 Å². The average Bonchev–Trinajstić information content (AvgIpc) is 1.75. The van der Waals surface area contributed by atoms with Crippen LogP contribution >= 0.6 is 0 Å². The Hall–Kier alpha value is -0.280. The zero-order valence-corrected chi connectivity index (χ0v) is 92.2. The van der Waals surface area contributed by atoms with E-state index in [2.05, 4.69) is 208 Å². The third-order valence-corrected chi connectivity index (χ3v) is 33.7. The highest BCUT2D eigenvalue weighted by Crippen LogP contribution is 2.51. The van der Waals surface area contributed by atoms with Crippen LogP contribution in [0.1, 0.15) is 593 Å². The molecule has 3 aliphatic heterocycles. The van der Waals surface area contributed by atoms with Crippen molar-refractivity contribution in [3.63, 3.8) is 0 Å². The highest BCUT2D eigenvalue weighted by molar-refractivity contribution is 5.05. The molecule has 3 fully saturated rings. The lowest BCUT2D eigenvalue weighted by molar-refractivity contribution is -0.288. The predicted octanol–water partition coefficient (Wildman–Crippen LogP) is 37.8. The van der Waals surface area contributed by atoms with Gasteiger partial charge >= 0.3 is 0 Å². The number of aliphatic hydroxyl groups excluding tert-OH is 1. The molecule has 3 saturated heterocycles. The van der Waals surface area contributed by atoms with E-state index in [0.717, 1.165) is 193 Å². The number of hydrogen-bond donors (Lipinski definition) is 2. The molecular weight excluding hydrogens is 1550 g/mol. The monoisotopic (exact) mass is 1790 g/mol. The molecule has 2 N–H and O–H groups in total. The molecule has 0 aliphatic carbocycles. The van der Waals surface area contributed by atoms with Gasteiger partial charge in [0.1, 0.15) is 0 Å². The minimum atomic E-state index is -0.913. The van der Waals surface area contributed by atoms with E-state index in [0.29, 0.717) is 35.5 Å². The minimum Gasteiger partial charge on any atom is -0.390 e. The van der Waals surface area contributed by atoms with Gasteiger partial charge in [0.25, 0.3) is 0 Å². The second-order valence-corrected chi connectivity index (χ2v) is 51.4. The first-order valence-corrected chi connectivity index (χ1v) is 57.6. The molecule has 758 valence electrons. The van der Waals surface area contributed by atoms with Crippen LogP contribution in [0.5, 0.6) is 0 Å². The summed E-state index contributed by atoms with van der Waals surface area (Å²) in [6.07, 6.45) is 70.9. The number of ether oxygens (including phenoxy) is 5. The molecule has 127 heavy (non-hydrogen) atoms. The molecule has 0 saturated carbocycles. The lowest BCUT2D eigenvalue weighted by Gasteiger charge is -2.52. The molecule has 24 atom stereocenters. The fourth-order valence-corrected chi connectivity index (χ4v) is 23.8. The van der Waals surface area contributed by atoms with Gasteiger partial charge in [0.05, 0.1) is 70.2 Å². The molecule has 3 aliphatic rings. The quantitative estimate of drug-likeness (QED) is 0.0627. The van der Waals surface area contributed by atoms with Gasteiger partial charge < -0.3 is 33.9 Å². The molecule has 0 aromatic carbocycles. The standard InChI is InChI=1S/C120H236O7/c1-91(2)49-31-55-97(13)61-37-67-103(19)73-43-85-115(25,122)110-81-82-111(123-110)117(27,87-45-75-105(21)69-39-63-99(15)57-33-51-93(5)6)126-118(28,88-46-76-106(22)70-40-64-100(16)58-34-52-94(7)8)112-83-84-113(124-112)119(29,89-47-77-107(23)71-41-65-101(17)59-35-53-95(9)10)127-120(30,90-48-78-108(24)72-42-66-102(18)60-36-54-96(11)12)114-80-79-109(121)116(26,125-114)86-44-74-104(20)68-38-62-98(14)56-32-50-92(3)4/h91-114,121-122H,31-90H2,1-30H3/t97-,98-,99-,100-,101-,102-,103-,104-,105-,106-,107-,108-,109-,110-,111-,112-,113-,114+,115?,116+,117?,118?,119?,120?/m1/s1. The zero-order chi connectivity index (χ0) is 94.8. The second-order valence-electron chi connectivity index (χ2n) is 51.4. The van der Waals surface area contributed by atoms with E-state index >= 15 is 0 Å². The van der Waals surface area contributed by atoms with Crippen LogP contribution in [0.15, 0.2) is 0 Å². The normalized spacial score (nSPS) is 24.5. The Bertz CT molecular complexity index is 2600. The minimum absolute atomic E-state index is 0.130. The van der Waals surface area contributed by atoms with Crippen molar-refractivity contribution < 1.29 is 33.9 Å². The Balaban J connectivity index is 2.21. The van der Waals surface area contributed by atoms with Crippen molar-refractivity contribution in [3.05, 3.63) is 0 Å². The first kappa shape index (κ1) is 121. The first-order valence-electron chi connectivity index (χ1n) is 57.6. The maximum Gasteiger partial charge on any atom is 0.0924 e. The molecule has 0 spiro atoms. The van der Waals surface area contributed by atoms with Gasteiger partial charge in [-0.2, -0.15) is 0 Å². The maximum atomic E-state index is 12.8. The van der Waals surface area contributed by atoms with Gasteiger partial charge in [0.15, 0.2) is 0 Å². The van der Waals surface area contributed by atoms with Crippen LogP contribution in [0.3, 0.4) is 0 Å². The van der Waals surface area contributed by atoms with Crippen molar-refractivity contribution in [2.24, 2.45) is 107 Å². The lowest BCUT2D eigenvalue weighted by atomic mass is 9.78. The third kappa shape index (κ3) is 53.5. The SMILES string of the molecule is CC(C)CCC[C@@H](C)CCC[C@@H](C)CCCC(C)(O)[C@H]1CC[C@H](C(C)(CCC[C@H](C)CCC[C@H](C)CCCC(C)C)OC(C)(CCC[C@H](C)CCC[C@H](C)CCCC(C)C)[C@H]2CC[C@H](C(C)(CCC[C@H](C)CCC[C@H](C)CCCC(C)C)OC(C)(CCC[C@H](C)CCC[C@H](C)CCCC(C)C)[C@@H]3CC[C@@H](O)[C@](C)(CCC[C@H](C)CCC[C@H](C)CCCC(C)C)O3)O2)O1. The van der Waals surface area contributed by atoms with Gasteiger partial charge in [-0.1, -0.05) is 474 Å². The van der Waals surface area contributed by atoms with Crippen LogP contribution in [0.25, 0.3) is 0 Å². The van der Waals surface area contributed by atoms with Crippen molar-refractivity contribution in [1.29, 1.82) is 0 Å². The molecule has 0 radical (unpaired) electrons. The Kier molecular flexibility index (Phi) is 62.4. The smallest absolute Gasteiger partial charge is 0.0924 e. The summed E-state index contributed by atoms with van der Waals surface area (Å²) >= 11 is 0.